The third kappa shape index (κ3) is 5.57. The van der Waals surface area contributed by atoms with Crippen LogP contribution in [0.25, 0.3) is 6.08 Å². The SMILES string of the molecule is CC(C)(C)c1ccc2c(c1)N(CC(=O)NCC1CCCO1)C(=O)C(=Cc1ccc(Cl)cc1)O2. The van der Waals surface area contributed by atoms with Crippen molar-refractivity contribution in [2.75, 3.05) is 24.6 Å². The Morgan fingerprint density at radius 3 is 2.64 bits per heavy atom. The minimum atomic E-state index is -0.365. The highest BCUT2D eigenvalue weighted by Crippen LogP contribution is 2.39. The predicted octanol–water partition coefficient (Wildman–Crippen LogP) is 4.70. The molecule has 1 fully saturated rings. The number of nitrogens with one attached hydrogen (secondary N) is 1. The normalized spacial score (nSPS) is 19.4. The molecule has 6 nitrogen and oxygen atoms in total. The number of carbonyl (C=O) groups excluding carboxylic acids is 2. The molecule has 174 valence electrons. The summed E-state index contributed by atoms with van der Waals surface area (Å²) < 4.78 is 11.6. The van der Waals surface area contributed by atoms with Crippen molar-refractivity contribution in [1.29, 1.82) is 0 Å². The molecule has 0 radical (unpaired) electrons. The molecule has 0 aliphatic carbocycles. The van der Waals surface area contributed by atoms with Gasteiger partial charge in [-0.15, -0.1) is 0 Å². The molecular formula is C26H29ClN2O4. The lowest BCUT2D eigenvalue weighted by Crippen LogP contribution is -2.45. The van der Waals surface area contributed by atoms with Gasteiger partial charge in [0.1, 0.15) is 6.54 Å². The summed E-state index contributed by atoms with van der Waals surface area (Å²) in [4.78, 5) is 27.7. The summed E-state index contributed by atoms with van der Waals surface area (Å²) >= 11 is 5.98. The fourth-order valence-corrected chi connectivity index (χ4v) is 4.00. The van der Waals surface area contributed by atoms with E-state index in [1.165, 1.54) is 4.90 Å². The van der Waals surface area contributed by atoms with Crippen molar-refractivity contribution in [1.82, 2.24) is 5.32 Å². The molecule has 0 saturated carbocycles. The van der Waals surface area contributed by atoms with Gasteiger partial charge in [-0.25, -0.2) is 0 Å². The van der Waals surface area contributed by atoms with Gasteiger partial charge in [-0.05, 0) is 59.7 Å². The zero-order valence-corrected chi connectivity index (χ0v) is 19.9. The summed E-state index contributed by atoms with van der Waals surface area (Å²) in [6.07, 6.45) is 3.64. The second kappa shape index (κ2) is 9.57. The van der Waals surface area contributed by atoms with Crippen molar-refractivity contribution in [2.24, 2.45) is 0 Å². The summed E-state index contributed by atoms with van der Waals surface area (Å²) in [6, 6.07) is 12.9. The molecule has 0 spiro atoms. The lowest BCUT2D eigenvalue weighted by Gasteiger charge is -2.32. The van der Waals surface area contributed by atoms with Crippen molar-refractivity contribution in [3.8, 4) is 5.75 Å². The van der Waals surface area contributed by atoms with Crippen LogP contribution >= 0.6 is 11.6 Å². The number of carbonyl (C=O) groups is 2. The molecule has 2 aliphatic rings. The Bertz CT molecular complexity index is 1070. The second-order valence-electron chi connectivity index (χ2n) is 9.43. The average molecular weight is 469 g/mol. The minimum absolute atomic E-state index is 0.0366. The van der Waals surface area contributed by atoms with E-state index in [0.717, 1.165) is 30.6 Å². The number of anilines is 1. The number of rotatable bonds is 5. The Labute approximate surface area is 199 Å². The fraction of sp³-hybridized carbons (Fsp3) is 0.385. The number of hydrogen-bond donors (Lipinski definition) is 1. The number of nitrogens with zero attached hydrogens (tertiary/aromatic N) is 1. The van der Waals surface area contributed by atoms with Crippen LogP contribution < -0.4 is 15.0 Å². The first-order chi connectivity index (χ1) is 15.7. The number of benzene rings is 2. The van der Waals surface area contributed by atoms with E-state index in [1.807, 2.05) is 30.3 Å². The quantitative estimate of drug-likeness (QED) is 0.646. The van der Waals surface area contributed by atoms with E-state index in [1.54, 1.807) is 18.2 Å². The van der Waals surface area contributed by atoms with Gasteiger partial charge in [0.15, 0.2) is 11.5 Å². The molecule has 1 unspecified atom stereocenters. The zero-order valence-electron chi connectivity index (χ0n) is 19.2. The van der Waals surface area contributed by atoms with Crippen LogP contribution in [0, 0.1) is 0 Å². The molecule has 2 aromatic carbocycles. The Morgan fingerprint density at radius 1 is 1.21 bits per heavy atom. The van der Waals surface area contributed by atoms with Crippen molar-refractivity contribution < 1.29 is 19.1 Å². The Balaban J connectivity index is 1.63. The van der Waals surface area contributed by atoms with E-state index in [-0.39, 0.29) is 35.6 Å². The van der Waals surface area contributed by atoms with Gasteiger partial charge in [0, 0.05) is 18.2 Å². The number of fused-ring (bicyclic) bond motifs is 1. The van der Waals surface area contributed by atoms with Crippen LogP contribution in [0.3, 0.4) is 0 Å². The Hall–Kier alpha value is -2.83. The Morgan fingerprint density at radius 2 is 1.97 bits per heavy atom. The minimum Gasteiger partial charge on any atom is -0.449 e. The van der Waals surface area contributed by atoms with E-state index in [4.69, 9.17) is 21.1 Å². The van der Waals surface area contributed by atoms with Gasteiger partial charge < -0.3 is 14.8 Å². The third-order valence-corrected chi connectivity index (χ3v) is 6.06. The van der Waals surface area contributed by atoms with Gasteiger partial charge in [0.25, 0.3) is 5.91 Å². The molecule has 1 atom stereocenters. The highest BCUT2D eigenvalue weighted by atomic mass is 35.5. The maximum Gasteiger partial charge on any atom is 0.294 e. The van der Waals surface area contributed by atoms with Gasteiger partial charge in [0.2, 0.25) is 5.91 Å². The third-order valence-electron chi connectivity index (χ3n) is 5.81. The number of ether oxygens (including phenoxy) is 2. The van der Waals surface area contributed by atoms with Crippen molar-refractivity contribution in [3.63, 3.8) is 0 Å². The smallest absolute Gasteiger partial charge is 0.294 e. The second-order valence-corrected chi connectivity index (χ2v) is 9.86. The predicted molar refractivity (Wildman–Crippen MR) is 130 cm³/mol. The highest BCUT2D eigenvalue weighted by Gasteiger charge is 2.33. The first-order valence-corrected chi connectivity index (χ1v) is 11.6. The maximum atomic E-state index is 13.4. The number of hydrogen-bond acceptors (Lipinski definition) is 4. The van der Waals surface area contributed by atoms with Gasteiger partial charge >= 0.3 is 0 Å². The van der Waals surface area contributed by atoms with Gasteiger partial charge in [-0.2, -0.15) is 0 Å². The molecule has 2 aliphatic heterocycles. The molecule has 2 aromatic rings. The lowest BCUT2D eigenvalue weighted by atomic mass is 9.86. The van der Waals surface area contributed by atoms with Crippen LogP contribution in [0.5, 0.6) is 5.75 Å². The lowest BCUT2D eigenvalue weighted by molar-refractivity contribution is -0.123. The highest BCUT2D eigenvalue weighted by molar-refractivity contribution is 6.30. The number of amides is 2. The summed E-state index contributed by atoms with van der Waals surface area (Å²) in [5.41, 5.74) is 2.30. The van der Waals surface area contributed by atoms with E-state index in [9.17, 15) is 9.59 Å². The number of halogens is 1. The van der Waals surface area contributed by atoms with Crippen LogP contribution in [-0.4, -0.2) is 37.6 Å². The van der Waals surface area contributed by atoms with E-state index in [2.05, 4.69) is 26.1 Å². The maximum absolute atomic E-state index is 13.4. The van der Waals surface area contributed by atoms with Crippen molar-refractivity contribution in [2.45, 2.75) is 45.1 Å². The van der Waals surface area contributed by atoms with Crippen LogP contribution in [0.2, 0.25) is 5.02 Å². The molecular weight excluding hydrogens is 440 g/mol. The van der Waals surface area contributed by atoms with Gasteiger partial charge in [0.05, 0.1) is 11.8 Å². The van der Waals surface area contributed by atoms with E-state index in [0.29, 0.717) is 23.0 Å². The van der Waals surface area contributed by atoms with E-state index >= 15 is 0 Å². The van der Waals surface area contributed by atoms with Gasteiger partial charge in [-0.3, -0.25) is 14.5 Å². The molecule has 0 bridgehead atoms. The van der Waals surface area contributed by atoms with Crippen molar-refractivity contribution in [3.05, 3.63) is 64.4 Å². The van der Waals surface area contributed by atoms with Crippen LogP contribution in [0.15, 0.2) is 48.2 Å². The van der Waals surface area contributed by atoms with Gasteiger partial charge in [-0.1, -0.05) is 50.6 Å². The van der Waals surface area contributed by atoms with Crippen LogP contribution in [0.1, 0.15) is 44.7 Å². The zero-order chi connectivity index (χ0) is 23.6. The molecule has 1 N–H and O–H groups in total. The largest absolute Gasteiger partial charge is 0.449 e. The standard InChI is InChI=1S/C26H29ClN2O4/c1-26(2,3)18-8-11-22-21(14-18)29(16-24(30)28-15-20-5-4-12-32-20)25(31)23(33-22)13-17-6-9-19(27)10-7-17/h6-11,13-14,20H,4-5,12,15-16H2,1-3H3,(H,28,30). The molecule has 0 aromatic heterocycles. The van der Waals surface area contributed by atoms with Crippen LogP contribution in [0.4, 0.5) is 5.69 Å². The van der Waals surface area contributed by atoms with E-state index < -0.39 is 0 Å². The first kappa shape index (κ1) is 23.3. The summed E-state index contributed by atoms with van der Waals surface area (Å²) in [7, 11) is 0. The molecule has 1 saturated heterocycles. The molecule has 2 heterocycles. The molecule has 4 rings (SSSR count). The Kier molecular flexibility index (Phi) is 6.77. The van der Waals surface area contributed by atoms with Crippen molar-refractivity contribution >= 4 is 35.2 Å². The molecule has 2 amide bonds. The topological polar surface area (TPSA) is 67.9 Å². The monoisotopic (exact) mass is 468 g/mol. The van der Waals surface area contributed by atoms with Crippen LogP contribution in [-0.2, 0) is 19.7 Å². The summed E-state index contributed by atoms with van der Waals surface area (Å²) in [5.74, 6) is 0.0875. The summed E-state index contributed by atoms with van der Waals surface area (Å²) in [5, 5.41) is 3.52. The first-order valence-electron chi connectivity index (χ1n) is 11.2. The average Bonchev–Trinajstić information content (AvgIpc) is 3.29. The molecule has 7 heteroatoms. The molecule has 33 heavy (non-hydrogen) atoms. The fourth-order valence-electron chi connectivity index (χ4n) is 3.88. The summed E-state index contributed by atoms with van der Waals surface area (Å²) in [6.45, 7) is 7.37.